The molecule has 1 aliphatic heterocycles. The molecular formula is C26H32N6O7S2. The summed E-state index contributed by atoms with van der Waals surface area (Å²) >= 11 is 1.10. The molecule has 1 aliphatic rings. The van der Waals surface area contributed by atoms with Crippen molar-refractivity contribution in [2.45, 2.75) is 52.1 Å². The normalized spacial score (nSPS) is 16.9. The van der Waals surface area contributed by atoms with Gasteiger partial charge in [-0.15, -0.1) is 11.3 Å². The van der Waals surface area contributed by atoms with Crippen LogP contribution in [0.15, 0.2) is 47.2 Å². The molecule has 220 valence electrons. The molecule has 3 N–H and O–H groups in total. The number of hydrogen-bond acceptors (Lipinski definition) is 11. The van der Waals surface area contributed by atoms with E-state index in [-0.39, 0.29) is 36.2 Å². The van der Waals surface area contributed by atoms with Gasteiger partial charge in [0.15, 0.2) is 23.2 Å². The van der Waals surface area contributed by atoms with Crippen LogP contribution in [0.5, 0.6) is 5.75 Å². The number of oxime groups is 1. The molecule has 13 nitrogen and oxygen atoms in total. The number of anilines is 1. The van der Waals surface area contributed by atoms with Crippen molar-refractivity contribution in [3.05, 3.63) is 47.7 Å². The van der Waals surface area contributed by atoms with Gasteiger partial charge in [0.25, 0.3) is 0 Å². The molecule has 0 aliphatic carbocycles. The lowest BCUT2D eigenvalue weighted by molar-refractivity contribution is -0.156. The number of rotatable bonds is 14. The molecule has 2 aromatic heterocycles. The molecular weight excluding hydrogens is 572 g/mol. The van der Waals surface area contributed by atoms with Crippen LogP contribution in [0.3, 0.4) is 0 Å². The number of ether oxygens (including phenoxy) is 1. The summed E-state index contributed by atoms with van der Waals surface area (Å²) in [5, 5.41) is 10.1. The number of nitrogens with two attached hydrogens (primary N) is 1. The molecule has 1 saturated heterocycles. The van der Waals surface area contributed by atoms with Gasteiger partial charge in [-0.1, -0.05) is 30.6 Å². The van der Waals surface area contributed by atoms with Crippen molar-refractivity contribution in [1.82, 2.24) is 19.1 Å². The van der Waals surface area contributed by atoms with Gasteiger partial charge < -0.3 is 15.3 Å². The molecule has 3 heterocycles. The van der Waals surface area contributed by atoms with Crippen LogP contribution in [0, 0.1) is 5.92 Å². The Hall–Kier alpha value is -3.82. The number of carbonyl (C=O) groups is 2. The van der Waals surface area contributed by atoms with Gasteiger partial charge in [0.2, 0.25) is 5.91 Å². The van der Waals surface area contributed by atoms with E-state index < -0.39 is 33.5 Å². The quantitative estimate of drug-likeness (QED) is 0.0912. The number of carbonyl (C=O) groups excluding carboxylic acids is 2. The first kappa shape index (κ1) is 30.1. The largest absolute Gasteiger partial charge is 0.490 e. The molecule has 1 fully saturated rings. The smallest absolute Gasteiger partial charge is 0.362 e. The van der Waals surface area contributed by atoms with Crippen molar-refractivity contribution >= 4 is 44.2 Å². The highest BCUT2D eigenvalue weighted by Crippen LogP contribution is 2.41. The van der Waals surface area contributed by atoms with Gasteiger partial charge in [0.05, 0.1) is 17.7 Å². The number of nitrogens with zero attached hydrogens (tertiary/aromatic N) is 5. The second-order valence-electron chi connectivity index (χ2n) is 9.98. The topological polar surface area (TPSA) is 179 Å². The first-order valence-corrected chi connectivity index (χ1v) is 15.2. The average Bonchev–Trinajstić information content (AvgIpc) is 3.56. The summed E-state index contributed by atoms with van der Waals surface area (Å²) < 4.78 is 40.4. The van der Waals surface area contributed by atoms with E-state index in [2.05, 4.69) is 22.2 Å². The fourth-order valence-corrected chi connectivity index (χ4v) is 6.10. The fraction of sp³-hybridized carbons (Fsp3) is 0.423. The van der Waals surface area contributed by atoms with Gasteiger partial charge in [-0.3, -0.25) is 18.8 Å². The summed E-state index contributed by atoms with van der Waals surface area (Å²) in [4.78, 5) is 35.0. The van der Waals surface area contributed by atoms with Crippen molar-refractivity contribution in [2.24, 2.45) is 11.1 Å². The van der Waals surface area contributed by atoms with Gasteiger partial charge in [-0.2, -0.15) is 13.5 Å². The Kier molecular flexibility index (Phi) is 9.09. The van der Waals surface area contributed by atoms with Gasteiger partial charge in [-0.25, -0.2) is 9.29 Å². The van der Waals surface area contributed by atoms with E-state index in [1.165, 1.54) is 19.2 Å². The number of hydrogen-bond donors (Lipinski definition) is 2. The number of nitrogen functional groups attached to an aromatic ring is 1. The Balaban J connectivity index is 1.34. The lowest BCUT2D eigenvalue weighted by atomic mass is 9.75. The third-order valence-corrected chi connectivity index (χ3v) is 8.47. The Morgan fingerprint density at radius 3 is 2.56 bits per heavy atom. The molecule has 1 atom stereocenters. The van der Waals surface area contributed by atoms with Gasteiger partial charge in [0, 0.05) is 30.1 Å². The van der Waals surface area contributed by atoms with E-state index in [9.17, 15) is 22.6 Å². The molecule has 41 heavy (non-hydrogen) atoms. The second-order valence-corrected chi connectivity index (χ2v) is 12.1. The van der Waals surface area contributed by atoms with Crippen LogP contribution in [-0.2, 0) is 31.3 Å². The molecule has 0 bridgehead atoms. The number of aryl methyl sites for hydroxylation is 1. The molecule has 1 unspecified atom stereocenters. The summed E-state index contributed by atoms with van der Waals surface area (Å²) in [7, 11) is -4.75. The van der Waals surface area contributed by atoms with Crippen LogP contribution < -0.4 is 10.5 Å². The van der Waals surface area contributed by atoms with Crippen molar-refractivity contribution in [2.75, 3.05) is 18.9 Å². The maximum absolute atomic E-state index is 13.1. The van der Waals surface area contributed by atoms with E-state index in [0.717, 1.165) is 41.9 Å². The third kappa shape index (κ3) is 6.92. The summed E-state index contributed by atoms with van der Waals surface area (Å²) in [6.07, 6.45) is 5.66. The molecule has 4 rings (SSSR count). The molecule has 0 saturated carbocycles. The van der Waals surface area contributed by atoms with Crippen molar-refractivity contribution in [3.8, 4) is 16.9 Å². The highest BCUT2D eigenvalue weighted by molar-refractivity contribution is 7.84. The lowest BCUT2D eigenvalue weighted by Gasteiger charge is -2.50. The number of aromatic nitrogens is 3. The average molecular weight is 605 g/mol. The Labute approximate surface area is 241 Å². The summed E-state index contributed by atoms with van der Waals surface area (Å²) in [6, 6.07) is 7.54. The number of benzene rings is 1. The minimum Gasteiger partial charge on any atom is -0.490 e. The molecule has 3 aromatic rings. The van der Waals surface area contributed by atoms with Crippen LogP contribution in [-0.4, -0.2) is 68.2 Å². The highest BCUT2D eigenvalue weighted by atomic mass is 32.2. The highest BCUT2D eigenvalue weighted by Gasteiger charge is 2.59. The van der Waals surface area contributed by atoms with Crippen LogP contribution in [0.1, 0.15) is 45.7 Å². The SMILES string of the molecule is CCCCn1cc(-c2ccc(OCCO/N=C(\C(=O)CC3C(=O)N(S(=O)(=O)O)C3(C)C)c3csc(N)n3)cc2)cn1. The van der Waals surface area contributed by atoms with Crippen LogP contribution in [0.2, 0.25) is 0 Å². The van der Waals surface area contributed by atoms with Crippen molar-refractivity contribution in [1.29, 1.82) is 0 Å². The third-order valence-electron chi connectivity index (χ3n) is 6.68. The Morgan fingerprint density at radius 2 is 1.95 bits per heavy atom. The summed E-state index contributed by atoms with van der Waals surface area (Å²) in [5.41, 5.74) is 6.46. The zero-order valence-corrected chi connectivity index (χ0v) is 24.5. The van der Waals surface area contributed by atoms with E-state index in [1.54, 1.807) is 0 Å². The zero-order chi connectivity index (χ0) is 29.8. The number of amides is 1. The molecule has 15 heteroatoms. The zero-order valence-electron chi connectivity index (χ0n) is 22.9. The summed E-state index contributed by atoms with van der Waals surface area (Å²) in [5.74, 6) is -1.84. The van der Waals surface area contributed by atoms with E-state index in [4.69, 9.17) is 15.3 Å². The Bertz CT molecular complexity index is 1530. The Morgan fingerprint density at radius 1 is 1.22 bits per heavy atom. The first-order valence-electron chi connectivity index (χ1n) is 12.9. The maximum Gasteiger partial charge on any atom is 0.362 e. The predicted octanol–water partition coefficient (Wildman–Crippen LogP) is 3.19. The van der Waals surface area contributed by atoms with Crippen molar-refractivity contribution < 1.29 is 32.1 Å². The lowest BCUT2D eigenvalue weighted by Crippen LogP contribution is -2.69. The molecule has 0 radical (unpaired) electrons. The van der Waals surface area contributed by atoms with Gasteiger partial charge >= 0.3 is 10.3 Å². The van der Waals surface area contributed by atoms with Crippen LogP contribution in [0.4, 0.5) is 5.13 Å². The van der Waals surface area contributed by atoms with Crippen LogP contribution >= 0.6 is 11.3 Å². The number of β-lactam (4-membered cyclic amide) rings is 1. The fourth-order valence-electron chi connectivity index (χ4n) is 4.48. The monoisotopic (exact) mass is 604 g/mol. The van der Waals surface area contributed by atoms with Gasteiger partial charge in [0.1, 0.15) is 18.1 Å². The van der Waals surface area contributed by atoms with E-state index >= 15 is 0 Å². The first-order chi connectivity index (χ1) is 19.4. The second kappa shape index (κ2) is 12.4. The predicted molar refractivity (Wildman–Crippen MR) is 153 cm³/mol. The van der Waals surface area contributed by atoms with E-state index in [1.807, 2.05) is 41.3 Å². The van der Waals surface area contributed by atoms with Crippen molar-refractivity contribution in [3.63, 3.8) is 0 Å². The standard InChI is InChI=1S/C26H32N6O7S2/c1-4-5-10-31-15-18(14-28-31)17-6-8-19(9-7-17)38-11-12-39-30-23(21-16-40-25(27)29-21)22(33)13-20-24(34)32(26(20,2)3)41(35,36)37/h6-9,14-16,20H,4-5,10-13H2,1-3H3,(H2,27,29)(H,35,36,37)/b30-23-. The molecule has 1 aromatic carbocycles. The number of unbranched alkanes of at least 4 members (excludes halogenated alkanes) is 1. The van der Waals surface area contributed by atoms with E-state index in [0.29, 0.717) is 10.1 Å². The minimum absolute atomic E-state index is 0.00668. The molecule has 1 amide bonds. The van der Waals surface area contributed by atoms with Gasteiger partial charge in [-0.05, 0) is 38.0 Å². The molecule has 0 spiro atoms. The number of ketones is 1. The maximum atomic E-state index is 13.1. The number of Topliss-reactive ketones (excluding diaryl/α,β-unsaturated/α-hetero) is 1. The minimum atomic E-state index is -4.75. The van der Waals surface area contributed by atoms with Crippen LogP contribution in [0.25, 0.3) is 11.1 Å². The number of thiazole rings is 1. The summed E-state index contributed by atoms with van der Waals surface area (Å²) in [6.45, 7) is 6.05.